The highest BCUT2D eigenvalue weighted by atomic mass is 32.2. The lowest BCUT2D eigenvalue weighted by molar-refractivity contribution is -0.145. The number of sulfonamides is 2. The van der Waals surface area contributed by atoms with Crippen LogP contribution in [0.5, 0.6) is 10.4 Å². The molecule has 540 valence electrons. The van der Waals surface area contributed by atoms with Crippen LogP contribution in [0.4, 0.5) is 9.59 Å². The average Bonchev–Trinajstić information content (AvgIpc) is 1.58. The van der Waals surface area contributed by atoms with Crippen LogP contribution in [0.2, 0.25) is 0 Å². The number of carboxylic acids is 1. The summed E-state index contributed by atoms with van der Waals surface area (Å²) in [5.41, 5.74) is -0.663. The minimum absolute atomic E-state index is 0.0386. The maximum absolute atomic E-state index is 14.3. The standard InChI is InChI=1S/C34H45N5O8S2.C31H40N4O7S.C3H7NO2S/c1-20-12-15-24-27(16-20)48-32(36-24)46-22-17-26-28(40)37-34(30(42)38-49(44,45)23-13-14-23)18-21(34)10-8-6-5-7-9-11-25(29(41)39(26)19-22)35-31(43)47-33(2,3)4;1-18-12-13-21-24(14-18)43-29(33-21)41-20-15-23-25(36)34-31(27(38)39)16-19(31)10-8-6-5-7-9-11-22(26(37)35(23)17-20)32-28(40)42-30(2,3)4;4-7(5,6)3-1-2-3/h8,10,12,15-16,21-23,25-26H,5-7,9,11,13-14,17-19H2,1-4H3,(H,35,43)(H,37,40)(H,38,42);8,10,12-14,19-20,22-23H,5-7,9,11,15-17H2,1-4H3,(H,32,40)(H,34,36)(H,38,39);3H,1-2H2,(H2,4,5,6)/b2*10-8-;/t21-,22-,25+,26+,34-;19-,20-,22+,23+,31-;/m11./s1. The van der Waals surface area contributed by atoms with E-state index in [9.17, 15) is 60.3 Å². The number of allylic oxidation sites excluding steroid dienone is 2. The van der Waals surface area contributed by atoms with Crippen molar-refractivity contribution in [2.75, 3.05) is 13.1 Å². The van der Waals surface area contributed by atoms with E-state index in [-0.39, 0.29) is 43.5 Å². The second kappa shape index (κ2) is 30.0. The van der Waals surface area contributed by atoms with E-state index in [2.05, 4.69) is 36.0 Å². The first-order valence-corrected chi connectivity index (χ1v) is 38.8. The molecule has 99 heavy (non-hydrogen) atoms. The van der Waals surface area contributed by atoms with E-state index in [1.807, 2.05) is 74.5 Å². The van der Waals surface area contributed by atoms with Gasteiger partial charge in [0.1, 0.15) is 58.7 Å². The number of nitrogens with two attached hydrogens (primary N) is 1. The molecule has 4 aliphatic carbocycles. The van der Waals surface area contributed by atoms with E-state index in [1.165, 1.54) is 32.5 Å². The molecule has 31 heteroatoms. The molecule has 0 unspecified atom stereocenters. The molecule has 2 aromatic heterocycles. The van der Waals surface area contributed by atoms with Crippen LogP contribution in [0.25, 0.3) is 20.4 Å². The number of thiazole rings is 2. The fourth-order valence-electron chi connectivity index (χ4n) is 12.7. The molecule has 12 rings (SSSR count). The van der Waals surface area contributed by atoms with Crippen LogP contribution in [-0.2, 0) is 58.3 Å². The largest absolute Gasteiger partial charge is 0.479 e. The lowest BCUT2D eigenvalue weighted by atomic mass is 10.0. The zero-order valence-corrected chi connectivity index (χ0v) is 60.4. The first-order chi connectivity index (χ1) is 46.6. The van der Waals surface area contributed by atoms with E-state index in [0.29, 0.717) is 61.8 Å². The van der Waals surface area contributed by atoms with Gasteiger partial charge in [-0.05, 0) is 168 Å². The van der Waals surface area contributed by atoms with Crippen molar-refractivity contribution in [3.05, 3.63) is 71.8 Å². The lowest BCUT2D eigenvalue weighted by Crippen LogP contribution is -2.58. The summed E-state index contributed by atoms with van der Waals surface area (Å²) in [4.78, 5) is 120. The number of carboxylic acid groups (broad SMARTS) is 1. The van der Waals surface area contributed by atoms with E-state index in [0.717, 1.165) is 76.5 Å². The highest BCUT2D eigenvalue weighted by Crippen LogP contribution is 2.47. The molecule has 10 atom stereocenters. The van der Waals surface area contributed by atoms with Crippen LogP contribution in [0.3, 0.4) is 0 Å². The molecular formula is C68H92N10O17S4. The highest BCUT2D eigenvalue weighted by molar-refractivity contribution is 7.91. The third-order valence-corrected chi connectivity index (χ3v) is 23.5. The predicted molar refractivity (Wildman–Crippen MR) is 370 cm³/mol. The molecule has 2 aromatic carbocycles. The van der Waals surface area contributed by atoms with Crippen molar-refractivity contribution in [1.29, 1.82) is 0 Å². The number of hydrogen-bond acceptors (Lipinski definition) is 20. The molecule has 4 aliphatic heterocycles. The number of fused-ring (bicyclic) bond motifs is 6. The Balaban J connectivity index is 0.000000196. The maximum Gasteiger partial charge on any atom is 0.408 e. The Labute approximate surface area is 585 Å². The molecular weight excluding hydrogens is 1360 g/mol. The molecule has 8 aliphatic rings. The third kappa shape index (κ3) is 19.3. The minimum Gasteiger partial charge on any atom is -0.479 e. The summed E-state index contributed by atoms with van der Waals surface area (Å²) in [5, 5.41) is 25.9. The number of aryl methyl sites for hydroxylation is 2. The van der Waals surface area contributed by atoms with Gasteiger partial charge in [-0.1, -0.05) is 84.8 Å². The van der Waals surface area contributed by atoms with Crippen molar-refractivity contribution >= 4 is 111 Å². The Kier molecular flexibility index (Phi) is 22.5. The van der Waals surface area contributed by atoms with Gasteiger partial charge in [-0.3, -0.25) is 28.7 Å². The molecule has 0 spiro atoms. The number of benzene rings is 2. The molecule has 6 heterocycles. The van der Waals surface area contributed by atoms with Crippen molar-refractivity contribution in [2.45, 2.75) is 240 Å². The molecule has 7 amide bonds. The molecule has 2 saturated heterocycles. The Morgan fingerprint density at radius 3 is 1.44 bits per heavy atom. The lowest BCUT2D eigenvalue weighted by Gasteiger charge is -2.30. The Bertz CT molecular complexity index is 4020. The zero-order chi connectivity index (χ0) is 71.6. The van der Waals surface area contributed by atoms with Gasteiger partial charge in [-0.2, -0.15) is 0 Å². The number of hydrogen-bond donors (Lipinski definition) is 7. The summed E-state index contributed by atoms with van der Waals surface area (Å²) in [6.07, 6.45) is 15.1. The summed E-state index contributed by atoms with van der Waals surface area (Å²) >= 11 is 2.76. The van der Waals surface area contributed by atoms with Gasteiger partial charge in [0.05, 0.1) is 44.0 Å². The van der Waals surface area contributed by atoms with Crippen LogP contribution >= 0.6 is 22.7 Å². The van der Waals surface area contributed by atoms with Crippen LogP contribution in [0.15, 0.2) is 60.7 Å². The monoisotopic (exact) mass is 1450 g/mol. The molecule has 4 aromatic rings. The molecule has 6 fully saturated rings. The number of nitrogens with zero attached hydrogens (tertiary/aromatic N) is 4. The molecule has 4 saturated carbocycles. The second-order valence-electron chi connectivity index (χ2n) is 29.2. The minimum atomic E-state index is -3.86. The molecule has 8 N–H and O–H groups in total. The fraction of sp³-hybridized carbons (Fsp3) is 0.618. The Morgan fingerprint density at radius 2 is 1.04 bits per heavy atom. The second-order valence-corrected chi connectivity index (χ2v) is 35.0. The first-order valence-electron chi connectivity index (χ1n) is 34.0. The normalized spacial score (nSPS) is 28.4. The fourth-order valence-corrected chi connectivity index (χ4v) is 16.8. The van der Waals surface area contributed by atoms with Crippen molar-refractivity contribution in [1.82, 2.24) is 45.8 Å². The van der Waals surface area contributed by atoms with Gasteiger partial charge in [0, 0.05) is 24.7 Å². The van der Waals surface area contributed by atoms with Crippen molar-refractivity contribution in [3.63, 3.8) is 0 Å². The van der Waals surface area contributed by atoms with E-state index < -0.39 is 138 Å². The van der Waals surface area contributed by atoms with Gasteiger partial charge < -0.3 is 55.1 Å². The van der Waals surface area contributed by atoms with Gasteiger partial charge >= 0.3 is 18.2 Å². The number of rotatable bonds is 11. The van der Waals surface area contributed by atoms with E-state index >= 15 is 0 Å². The number of ether oxygens (including phenoxy) is 4. The SMILES string of the molecule is Cc1ccc2nc(O[C@@H]3C[C@H]4C(=O)N[C@]5(C(=O)NS(=O)(=O)C6CC6)C[C@H]5/C=C\CCCCC[C@H](NC(=O)OC(C)(C)C)C(=O)N4C3)sc2c1.Cc1ccc2nc(O[C@@H]3C[C@H]4C(=O)N[C@]5(C(=O)O)C[C@H]5/C=C\CCCCC[C@H](NC(=O)OC(C)(C)C)C(=O)N4C3)sc2c1.NS(=O)(=O)C1CC1. The van der Waals surface area contributed by atoms with Crippen LogP contribution in [-0.4, -0.2) is 172 Å². The molecule has 27 nitrogen and oxygen atoms in total. The quantitative estimate of drug-likeness (QED) is 0.0710. The topological polar surface area (TPSA) is 380 Å². The Hall–Kier alpha value is -7.48. The van der Waals surface area contributed by atoms with E-state index in [1.54, 1.807) is 41.5 Å². The van der Waals surface area contributed by atoms with Crippen molar-refractivity contribution < 1.29 is 79.2 Å². The highest BCUT2D eigenvalue weighted by Gasteiger charge is 2.63. The first kappa shape index (κ1) is 74.2. The number of amides is 7. The average molecular weight is 1450 g/mol. The number of nitrogens with one attached hydrogen (secondary N) is 5. The molecule has 0 radical (unpaired) electrons. The number of aliphatic carboxylic acids is 1. The molecule has 0 bridgehead atoms. The summed E-state index contributed by atoms with van der Waals surface area (Å²) in [6.45, 7) is 14.5. The van der Waals surface area contributed by atoms with Gasteiger partial charge in [0.2, 0.25) is 43.7 Å². The number of alkyl carbamates (subject to hydrolysis) is 2. The van der Waals surface area contributed by atoms with Crippen molar-refractivity contribution in [3.8, 4) is 10.4 Å². The number of aromatic nitrogens is 2. The summed E-state index contributed by atoms with van der Waals surface area (Å²) in [6, 6.07) is 7.86. The Morgan fingerprint density at radius 1 is 0.616 bits per heavy atom. The summed E-state index contributed by atoms with van der Waals surface area (Å²) in [7, 11) is -6.99. The third-order valence-electron chi connectivity index (χ3n) is 18.4. The summed E-state index contributed by atoms with van der Waals surface area (Å²) in [5.74, 6) is -4.63. The van der Waals surface area contributed by atoms with Crippen LogP contribution in [0.1, 0.15) is 168 Å². The van der Waals surface area contributed by atoms with Gasteiger partial charge in [0.25, 0.3) is 16.3 Å². The van der Waals surface area contributed by atoms with Gasteiger partial charge in [-0.25, -0.2) is 46.3 Å². The van der Waals surface area contributed by atoms with Gasteiger partial charge in [0.15, 0.2) is 0 Å². The van der Waals surface area contributed by atoms with Crippen molar-refractivity contribution in [2.24, 2.45) is 17.0 Å². The number of carbonyl (C=O) groups is 8. The summed E-state index contributed by atoms with van der Waals surface area (Å²) < 4.78 is 73.4. The van der Waals surface area contributed by atoms with Crippen LogP contribution < -0.4 is 40.6 Å². The number of primary sulfonamides is 1. The van der Waals surface area contributed by atoms with E-state index in [4.69, 9.17) is 24.1 Å². The zero-order valence-electron chi connectivity index (χ0n) is 57.2. The predicted octanol–water partition coefficient (Wildman–Crippen LogP) is 7.61. The number of carbonyl (C=O) groups excluding carboxylic acids is 7. The van der Waals surface area contributed by atoms with Gasteiger partial charge in [-0.15, -0.1) is 0 Å². The smallest absolute Gasteiger partial charge is 0.408 e. The van der Waals surface area contributed by atoms with Crippen LogP contribution in [0, 0.1) is 25.7 Å². The maximum atomic E-state index is 14.3.